The van der Waals surface area contributed by atoms with E-state index in [0.717, 1.165) is 17.9 Å². The van der Waals surface area contributed by atoms with Gasteiger partial charge in [0.25, 0.3) is 0 Å². The Morgan fingerprint density at radius 2 is 1.62 bits per heavy atom. The summed E-state index contributed by atoms with van der Waals surface area (Å²) in [4.78, 5) is 2.10. The molecule has 2 nitrogen and oxygen atoms in total. The Hall–Kier alpha value is -1.22. The molecular formula is C20H23Cl2NO. The molecule has 128 valence electrons. The molecule has 0 aliphatic heterocycles. The molecule has 2 unspecified atom stereocenters. The Morgan fingerprint density at radius 3 is 2.21 bits per heavy atom. The Kier molecular flexibility index (Phi) is 4.83. The molecule has 0 radical (unpaired) electrons. The molecule has 0 N–H and O–H groups in total. The molecular weight excluding hydrogens is 341 g/mol. The quantitative estimate of drug-likeness (QED) is 0.679. The molecule has 0 saturated heterocycles. The monoisotopic (exact) mass is 363 g/mol. The van der Waals surface area contributed by atoms with Gasteiger partial charge in [0.05, 0.1) is 0 Å². The number of rotatable bonds is 6. The molecule has 24 heavy (non-hydrogen) atoms. The number of likely N-dealkylation sites (N-methyl/N-ethyl adjacent to an activating group) is 1. The van der Waals surface area contributed by atoms with Crippen molar-refractivity contribution in [3.63, 3.8) is 0 Å². The maximum atomic E-state index is 6.67. The number of alkyl halides is 2. The predicted octanol–water partition coefficient (Wildman–Crippen LogP) is 4.86. The minimum absolute atomic E-state index is 0.0755. The normalized spacial score (nSPS) is 24.8. The molecule has 1 aliphatic rings. The molecule has 0 spiro atoms. The van der Waals surface area contributed by atoms with Crippen LogP contribution in [0.4, 0.5) is 0 Å². The summed E-state index contributed by atoms with van der Waals surface area (Å²) in [6.45, 7) is 3.70. The van der Waals surface area contributed by atoms with Crippen molar-refractivity contribution in [2.75, 3.05) is 27.2 Å². The van der Waals surface area contributed by atoms with Crippen molar-refractivity contribution in [3.05, 3.63) is 65.7 Å². The first-order chi connectivity index (χ1) is 11.4. The third kappa shape index (κ3) is 3.03. The summed E-state index contributed by atoms with van der Waals surface area (Å²) in [6.07, 6.45) is 0. The maximum Gasteiger partial charge on any atom is 0.136 e. The second-order valence-electron chi connectivity index (χ2n) is 6.85. The highest BCUT2D eigenvalue weighted by molar-refractivity contribution is 6.53. The third-order valence-electron chi connectivity index (χ3n) is 4.94. The SMILES string of the molecule is CN(C)CCOc1ccc(C2C(Cl)(Cl)C2(C)c2ccccc2)cc1. The summed E-state index contributed by atoms with van der Waals surface area (Å²) < 4.78 is 4.96. The molecule has 1 aliphatic carbocycles. The Morgan fingerprint density at radius 1 is 1.00 bits per heavy atom. The fraction of sp³-hybridized carbons (Fsp3) is 0.400. The van der Waals surface area contributed by atoms with Gasteiger partial charge in [0.2, 0.25) is 0 Å². The van der Waals surface area contributed by atoms with Crippen LogP contribution < -0.4 is 4.74 Å². The van der Waals surface area contributed by atoms with Gasteiger partial charge >= 0.3 is 0 Å². The molecule has 3 rings (SSSR count). The number of benzene rings is 2. The lowest BCUT2D eigenvalue weighted by molar-refractivity contribution is 0.261. The molecule has 4 heteroatoms. The topological polar surface area (TPSA) is 12.5 Å². The van der Waals surface area contributed by atoms with Gasteiger partial charge in [-0.1, -0.05) is 72.6 Å². The zero-order valence-corrected chi connectivity index (χ0v) is 15.8. The summed E-state index contributed by atoms with van der Waals surface area (Å²) in [7, 11) is 4.06. The second kappa shape index (κ2) is 6.59. The van der Waals surface area contributed by atoms with E-state index in [9.17, 15) is 0 Å². The van der Waals surface area contributed by atoms with Crippen LogP contribution >= 0.6 is 23.2 Å². The highest BCUT2D eigenvalue weighted by Crippen LogP contribution is 2.74. The average molecular weight is 364 g/mol. The summed E-state index contributed by atoms with van der Waals surface area (Å²) in [5.74, 6) is 0.948. The van der Waals surface area contributed by atoms with Crippen molar-refractivity contribution in [3.8, 4) is 5.75 Å². The number of ether oxygens (including phenoxy) is 1. The van der Waals surface area contributed by atoms with Crippen LogP contribution in [0.5, 0.6) is 5.75 Å². The van der Waals surface area contributed by atoms with Crippen molar-refractivity contribution in [1.29, 1.82) is 0 Å². The smallest absolute Gasteiger partial charge is 0.136 e. The van der Waals surface area contributed by atoms with Gasteiger partial charge < -0.3 is 9.64 Å². The number of hydrogen-bond acceptors (Lipinski definition) is 2. The summed E-state index contributed by atoms with van der Waals surface area (Å²) >= 11 is 13.3. The van der Waals surface area contributed by atoms with Crippen molar-refractivity contribution in [1.82, 2.24) is 4.90 Å². The van der Waals surface area contributed by atoms with E-state index in [-0.39, 0.29) is 11.3 Å². The number of halogens is 2. The van der Waals surface area contributed by atoms with E-state index in [1.54, 1.807) is 0 Å². The van der Waals surface area contributed by atoms with Crippen LogP contribution in [0.25, 0.3) is 0 Å². The van der Waals surface area contributed by atoms with Crippen molar-refractivity contribution in [2.45, 2.75) is 22.6 Å². The molecule has 0 amide bonds. The van der Waals surface area contributed by atoms with Gasteiger partial charge in [-0.15, -0.1) is 0 Å². The fourth-order valence-electron chi connectivity index (χ4n) is 3.32. The third-order valence-corrected chi connectivity index (χ3v) is 6.16. The highest BCUT2D eigenvalue weighted by Gasteiger charge is 2.74. The van der Waals surface area contributed by atoms with Gasteiger partial charge in [-0.2, -0.15) is 0 Å². The molecule has 1 fully saturated rings. The zero-order chi connectivity index (χ0) is 17.4. The van der Waals surface area contributed by atoms with Gasteiger partial charge in [-0.05, 0) is 37.4 Å². The van der Waals surface area contributed by atoms with Crippen LogP contribution in [-0.2, 0) is 5.41 Å². The lowest BCUT2D eigenvalue weighted by atomic mass is 9.93. The van der Waals surface area contributed by atoms with Crippen LogP contribution in [0.2, 0.25) is 0 Å². The first kappa shape index (κ1) is 17.6. The predicted molar refractivity (Wildman–Crippen MR) is 101 cm³/mol. The first-order valence-corrected chi connectivity index (χ1v) is 8.94. The van der Waals surface area contributed by atoms with Gasteiger partial charge in [-0.25, -0.2) is 0 Å². The van der Waals surface area contributed by atoms with Gasteiger partial charge in [-0.3, -0.25) is 0 Å². The molecule has 2 aromatic carbocycles. The van der Waals surface area contributed by atoms with Crippen molar-refractivity contribution in [2.24, 2.45) is 0 Å². The fourth-order valence-corrected chi connectivity index (χ4v) is 4.34. The molecule has 0 heterocycles. The van der Waals surface area contributed by atoms with Crippen LogP contribution in [0, 0.1) is 0 Å². The van der Waals surface area contributed by atoms with Crippen LogP contribution in [-0.4, -0.2) is 36.5 Å². The van der Waals surface area contributed by atoms with E-state index in [2.05, 4.69) is 36.1 Å². The van der Waals surface area contributed by atoms with E-state index in [1.165, 1.54) is 5.56 Å². The Labute approximate surface area is 154 Å². The number of nitrogens with zero attached hydrogens (tertiary/aromatic N) is 1. The van der Waals surface area contributed by atoms with E-state index in [0.29, 0.717) is 6.61 Å². The van der Waals surface area contributed by atoms with Crippen molar-refractivity contribution < 1.29 is 4.74 Å². The summed E-state index contributed by atoms with van der Waals surface area (Å²) in [5.41, 5.74) is 2.04. The first-order valence-electron chi connectivity index (χ1n) is 8.18. The highest BCUT2D eigenvalue weighted by atomic mass is 35.5. The van der Waals surface area contributed by atoms with Crippen molar-refractivity contribution >= 4 is 23.2 Å². The van der Waals surface area contributed by atoms with Gasteiger partial charge in [0, 0.05) is 17.9 Å². The standard InChI is InChI=1S/C20H23Cl2NO/c1-19(16-7-5-4-6-8-16)18(20(19,21)22)15-9-11-17(12-10-15)24-14-13-23(2)3/h4-12,18H,13-14H2,1-3H3. The summed E-state index contributed by atoms with van der Waals surface area (Å²) in [5, 5.41) is 0. The molecule has 2 atom stereocenters. The minimum atomic E-state index is -0.790. The second-order valence-corrected chi connectivity index (χ2v) is 8.23. The minimum Gasteiger partial charge on any atom is -0.492 e. The van der Waals surface area contributed by atoms with Gasteiger partial charge in [0.1, 0.15) is 16.7 Å². The van der Waals surface area contributed by atoms with Gasteiger partial charge in [0.15, 0.2) is 0 Å². The lowest BCUT2D eigenvalue weighted by Gasteiger charge is -2.13. The van der Waals surface area contributed by atoms with E-state index < -0.39 is 4.33 Å². The van der Waals surface area contributed by atoms with E-state index in [4.69, 9.17) is 27.9 Å². The largest absolute Gasteiger partial charge is 0.492 e. The Bertz CT molecular complexity index is 685. The molecule has 1 saturated carbocycles. The zero-order valence-electron chi connectivity index (χ0n) is 14.3. The molecule has 2 aromatic rings. The van der Waals surface area contributed by atoms with E-state index in [1.807, 2.05) is 44.4 Å². The average Bonchev–Trinajstić information content (AvgIpc) is 3.03. The van der Waals surface area contributed by atoms with E-state index >= 15 is 0 Å². The molecule has 0 aromatic heterocycles. The van der Waals surface area contributed by atoms with Crippen LogP contribution in [0.1, 0.15) is 24.0 Å². The lowest BCUT2D eigenvalue weighted by Crippen LogP contribution is -2.19. The molecule has 0 bridgehead atoms. The Balaban J connectivity index is 1.75. The van der Waals surface area contributed by atoms with Crippen LogP contribution in [0.15, 0.2) is 54.6 Å². The number of hydrogen-bond donors (Lipinski definition) is 0. The summed E-state index contributed by atoms with van der Waals surface area (Å²) in [6, 6.07) is 18.4. The van der Waals surface area contributed by atoms with Crippen LogP contribution in [0.3, 0.4) is 0 Å². The maximum absolute atomic E-state index is 6.67.